The quantitative estimate of drug-likeness (QED) is 0.785. The zero-order valence-corrected chi connectivity index (χ0v) is 14.3. The average molecular weight is 318 g/mol. The summed E-state index contributed by atoms with van der Waals surface area (Å²) in [6.45, 7) is 3.37. The van der Waals surface area contributed by atoms with Crippen molar-refractivity contribution < 1.29 is 9.59 Å². The van der Waals surface area contributed by atoms with Gasteiger partial charge in [-0.2, -0.15) is 0 Å². The topological polar surface area (TPSA) is 40.6 Å². The van der Waals surface area contributed by atoms with Crippen LogP contribution < -0.4 is 0 Å². The molecule has 0 aromatic heterocycles. The first-order chi connectivity index (χ1) is 11.3. The van der Waals surface area contributed by atoms with Gasteiger partial charge >= 0.3 is 0 Å². The predicted molar refractivity (Wildman–Crippen MR) is 90.9 cm³/mol. The highest BCUT2D eigenvalue weighted by Gasteiger charge is 2.31. The smallest absolute Gasteiger partial charge is 0.249 e. The molecule has 4 heteroatoms. The van der Waals surface area contributed by atoms with Crippen LogP contribution in [0.15, 0.2) is 11.6 Å². The highest BCUT2D eigenvalue weighted by atomic mass is 16.2. The van der Waals surface area contributed by atoms with E-state index in [1.165, 1.54) is 19.3 Å². The molecule has 2 aliphatic heterocycles. The lowest BCUT2D eigenvalue weighted by atomic mass is 9.93. The Morgan fingerprint density at radius 2 is 1.52 bits per heavy atom. The van der Waals surface area contributed by atoms with Crippen molar-refractivity contribution in [3.05, 3.63) is 11.6 Å². The Bertz CT molecular complexity index is 456. The number of amides is 2. The summed E-state index contributed by atoms with van der Waals surface area (Å²) >= 11 is 0. The second-order valence-corrected chi connectivity index (χ2v) is 7.28. The minimum atomic E-state index is 0.137. The number of piperidine rings is 1. The van der Waals surface area contributed by atoms with E-state index in [4.69, 9.17) is 0 Å². The van der Waals surface area contributed by atoms with Crippen LogP contribution in [0.25, 0.3) is 0 Å². The molecule has 2 fully saturated rings. The zero-order chi connectivity index (χ0) is 16.1. The van der Waals surface area contributed by atoms with E-state index in [0.29, 0.717) is 5.91 Å². The van der Waals surface area contributed by atoms with Gasteiger partial charge in [0.2, 0.25) is 11.8 Å². The van der Waals surface area contributed by atoms with Crippen LogP contribution in [-0.2, 0) is 9.59 Å². The molecule has 0 N–H and O–H groups in total. The van der Waals surface area contributed by atoms with Gasteiger partial charge in [0.25, 0.3) is 0 Å². The number of carbonyl (C=O) groups is 2. The van der Waals surface area contributed by atoms with Crippen molar-refractivity contribution in [3.63, 3.8) is 0 Å². The number of hydrogen-bond donors (Lipinski definition) is 0. The molecule has 23 heavy (non-hydrogen) atoms. The summed E-state index contributed by atoms with van der Waals surface area (Å²) in [4.78, 5) is 29.3. The lowest BCUT2D eigenvalue weighted by molar-refractivity contribution is -0.139. The van der Waals surface area contributed by atoms with E-state index >= 15 is 0 Å². The second-order valence-electron chi connectivity index (χ2n) is 7.28. The van der Waals surface area contributed by atoms with Gasteiger partial charge in [0.15, 0.2) is 0 Å². The molecule has 3 rings (SSSR count). The summed E-state index contributed by atoms with van der Waals surface area (Å²) in [6, 6.07) is 0. The fraction of sp³-hybridized carbons (Fsp3) is 0.789. The monoisotopic (exact) mass is 318 g/mol. The molecule has 0 aromatic carbocycles. The van der Waals surface area contributed by atoms with Crippen molar-refractivity contribution in [1.29, 1.82) is 0 Å². The Morgan fingerprint density at radius 1 is 0.826 bits per heavy atom. The van der Waals surface area contributed by atoms with Crippen molar-refractivity contribution in [1.82, 2.24) is 9.80 Å². The molecule has 2 saturated heterocycles. The van der Waals surface area contributed by atoms with E-state index < -0.39 is 0 Å². The van der Waals surface area contributed by atoms with Crippen LogP contribution in [0, 0.1) is 5.92 Å². The molecule has 2 heterocycles. The van der Waals surface area contributed by atoms with Gasteiger partial charge in [0.05, 0.1) is 0 Å². The molecule has 0 saturated carbocycles. The highest BCUT2D eigenvalue weighted by molar-refractivity contribution is 5.93. The van der Waals surface area contributed by atoms with E-state index in [2.05, 4.69) is 11.0 Å². The lowest BCUT2D eigenvalue weighted by Crippen LogP contribution is -2.45. The van der Waals surface area contributed by atoms with Crippen LogP contribution in [-0.4, -0.2) is 47.8 Å². The van der Waals surface area contributed by atoms with Crippen LogP contribution in [0.2, 0.25) is 0 Å². The van der Waals surface area contributed by atoms with Crippen LogP contribution in [0.4, 0.5) is 0 Å². The van der Waals surface area contributed by atoms with E-state index in [0.717, 1.165) is 76.7 Å². The Hall–Kier alpha value is -1.32. The standard InChI is InChI=1S/C19H30N2O2/c22-18(16-8-4-3-5-9-16)21-14-10-17(11-15-21)19(23)20-12-6-1-2-7-13-20/h8,17H,1-7,9-15H2. The average Bonchev–Trinajstić information content (AvgIpc) is 2.91. The second kappa shape index (κ2) is 7.98. The third-order valence-electron chi connectivity index (χ3n) is 5.61. The van der Waals surface area contributed by atoms with Crippen LogP contribution in [0.5, 0.6) is 0 Å². The Morgan fingerprint density at radius 3 is 2.13 bits per heavy atom. The summed E-state index contributed by atoms with van der Waals surface area (Å²) in [5.41, 5.74) is 1.01. The molecule has 1 aliphatic carbocycles. The van der Waals surface area contributed by atoms with Gasteiger partial charge in [-0.1, -0.05) is 18.9 Å². The van der Waals surface area contributed by atoms with Crippen molar-refractivity contribution in [2.75, 3.05) is 26.2 Å². The van der Waals surface area contributed by atoms with Crippen LogP contribution in [0.1, 0.15) is 64.2 Å². The molecule has 0 bridgehead atoms. The predicted octanol–water partition coefficient (Wildman–Crippen LogP) is 3.13. The van der Waals surface area contributed by atoms with Gasteiger partial charge in [-0.05, 0) is 51.4 Å². The summed E-state index contributed by atoms with van der Waals surface area (Å²) < 4.78 is 0. The van der Waals surface area contributed by atoms with Crippen molar-refractivity contribution in [2.45, 2.75) is 64.2 Å². The molecular weight excluding hydrogens is 288 g/mol. The number of likely N-dealkylation sites (tertiary alicyclic amines) is 2. The summed E-state index contributed by atoms with van der Waals surface area (Å²) in [6.07, 6.45) is 13.0. The third kappa shape index (κ3) is 4.15. The number of carbonyl (C=O) groups excluding carboxylic acids is 2. The van der Waals surface area contributed by atoms with Gasteiger partial charge < -0.3 is 9.80 Å². The Labute approximate surface area is 139 Å². The number of hydrogen-bond acceptors (Lipinski definition) is 2. The van der Waals surface area contributed by atoms with Gasteiger partial charge in [0.1, 0.15) is 0 Å². The Kier molecular flexibility index (Phi) is 5.74. The summed E-state index contributed by atoms with van der Waals surface area (Å²) in [5.74, 6) is 0.707. The SMILES string of the molecule is O=C(C1=CCCCC1)N1CCC(C(=O)N2CCCCCC2)CC1. The normalized spacial score (nSPS) is 24.1. The minimum absolute atomic E-state index is 0.137. The van der Waals surface area contributed by atoms with Crippen molar-refractivity contribution in [2.24, 2.45) is 5.92 Å². The van der Waals surface area contributed by atoms with E-state index in [1.54, 1.807) is 0 Å². The molecule has 0 radical (unpaired) electrons. The molecular formula is C19H30N2O2. The summed E-state index contributed by atoms with van der Waals surface area (Å²) in [5, 5.41) is 0. The number of allylic oxidation sites excluding steroid dienone is 1. The van der Waals surface area contributed by atoms with Crippen LogP contribution >= 0.6 is 0 Å². The first kappa shape index (κ1) is 16.5. The molecule has 4 nitrogen and oxygen atoms in total. The van der Waals surface area contributed by atoms with Gasteiger partial charge in [-0.3, -0.25) is 9.59 Å². The first-order valence-corrected chi connectivity index (χ1v) is 9.53. The molecule has 0 aromatic rings. The van der Waals surface area contributed by atoms with Gasteiger partial charge in [0, 0.05) is 37.7 Å². The maximum absolute atomic E-state index is 12.7. The zero-order valence-electron chi connectivity index (χ0n) is 14.3. The van der Waals surface area contributed by atoms with Gasteiger partial charge in [-0.25, -0.2) is 0 Å². The van der Waals surface area contributed by atoms with Gasteiger partial charge in [-0.15, -0.1) is 0 Å². The van der Waals surface area contributed by atoms with E-state index in [1.807, 2.05) is 4.90 Å². The molecule has 2 amide bonds. The first-order valence-electron chi connectivity index (χ1n) is 9.53. The molecule has 0 unspecified atom stereocenters. The largest absolute Gasteiger partial charge is 0.342 e. The maximum Gasteiger partial charge on any atom is 0.249 e. The van der Waals surface area contributed by atoms with Crippen LogP contribution in [0.3, 0.4) is 0 Å². The molecule has 128 valence electrons. The highest BCUT2D eigenvalue weighted by Crippen LogP contribution is 2.25. The lowest BCUT2D eigenvalue weighted by Gasteiger charge is -2.34. The van der Waals surface area contributed by atoms with Crippen molar-refractivity contribution in [3.8, 4) is 0 Å². The summed E-state index contributed by atoms with van der Waals surface area (Å²) in [7, 11) is 0. The third-order valence-corrected chi connectivity index (χ3v) is 5.61. The Balaban J connectivity index is 1.50. The number of nitrogens with zero attached hydrogens (tertiary/aromatic N) is 2. The molecule has 3 aliphatic rings. The fourth-order valence-electron chi connectivity index (χ4n) is 4.11. The van der Waals surface area contributed by atoms with E-state index in [9.17, 15) is 9.59 Å². The molecule has 0 spiro atoms. The fourth-order valence-corrected chi connectivity index (χ4v) is 4.11. The van der Waals surface area contributed by atoms with Crippen molar-refractivity contribution >= 4 is 11.8 Å². The van der Waals surface area contributed by atoms with E-state index in [-0.39, 0.29) is 11.8 Å². The minimum Gasteiger partial charge on any atom is -0.342 e. The molecule has 0 atom stereocenters. The maximum atomic E-state index is 12.7. The number of rotatable bonds is 2.